The van der Waals surface area contributed by atoms with Crippen LogP contribution in [0.1, 0.15) is 48.5 Å². The van der Waals surface area contributed by atoms with Gasteiger partial charge < -0.3 is 5.32 Å². The molecule has 5 rings (SSSR count). The summed E-state index contributed by atoms with van der Waals surface area (Å²) in [6, 6.07) is 13.3. The summed E-state index contributed by atoms with van der Waals surface area (Å²) in [6.07, 6.45) is -0.883. The molecule has 1 atom stereocenters. The number of hydrogen-bond acceptors (Lipinski definition) is 4. The van der Waals surface area contributed by atoms with E-state index >= 15 is 0 Å². The van der Waals surface area contributed by atoms with E-state index in [1.54, 1.807) is 17.8 Å². The second-order valence-electron chi connectivity index (χ2n) is 8.69. The number of aromatic nitrogens is 4. The molecule has 2 heterocycles. The molecule has 0 bridgehead atoms. The molecule has 1 aliphatic carbocycles. The number of para-hydroxylation sites is 1. The number of benzene rings is 2. The molecule has 1 aliphatic rings. The molecule has 4 aromatic rings. The molecule has 0 radical (unpaired) electrons. The molecule has 7 nitrogen and oxygen atoms in total. The number of rotatable bonds is 6. The van der Waals surface area contributed by atoms with Crippen molar-refractivity contribution >= 4 is 16.8 Å². The molecule has 1 amide bonds. The van der Waals surface area contributed by atoms with Gasteiger partial charge in [-0.05, 0) is 49.6 Å². The summed E-state index contributed by atoms with van der Waals surface area (Å²) in [5, 5.41) is 12.3. The van der Waals surface area contributed by atoms with Crippen LogP contribution in [0.25, 0.3) is 16.6 Å². The van der Waals surface area contributed by atoms with E-state index in [4.69, 9.17) is 0 Å². The van der Waals surface area contributed by atoms with Gasteiger partial charge in [-0.25, -0.2) is 9.36 Å². The fraction of sp³-hybridized carbons (Fsp3) is 0.280. The second kappa shape index (κ2) is 8.68. The first kappa shape index (κ1) is 22.8. The molecule has 2 aromatic heterocycles. The molecule has 0 saturated heterocycles. The van der Waals surface area contributed by atoms with Crippen molar-refractivity contribution in [1.82, 2.24) is 24.9 Å². The molecule has 35 heavy (non-hydrogen) atoms. The number of carbonyl (C=O) groups excluding carboxylic acids is 1. The fourth-order valence-corrected chi connectivity index (χ4v) is 4.09. The van der Waals surface area contributed by atoms with Crippen LogP contribution in [0.15, 0.2) is 65.6 Å². The molecular weight excluding hydrogens is 459 g/mol. The van der Waals surface area contributed by atoms with Crippen molar-refractivity contribution in [2.45, 2.75) is 44.4 Å². The van der Waals surface area contributed by atoms with E-state index < -0.39 is 29.2 Å². The summed E-state index contributed by atoms with van der Waals surface area (Å²) in [4.78, 5) is 26.1. The number of nitrogens with zero attached hydrogens (tertiary/aromatic N) is 4. The fourth-order valence-electron chi connectivity index (χ4n) is 4.09. The maximum absolute atomic E-state index is 13.4. The van der Waals surface area contributed by atoms with Gasteiger partial charge in [-0.2, -0.15) is 23.4 Å². The SMILES string of the molecule is C[C@H](NC(=O)Cn1nc(C2CC2)c2cnn(-c3ccccc3)c2c1=O)c1ccc(C(F)(F)F)cc1. The molecule has 1 fully saturated rings. The van der Waals surface area contributed by atoms with Crippen molar-refractivity contribution in [1.29, 1.82) is 0 Å². The van der Waals surface area contributed by atoms with Gasteiger partial charge in [0.2, 0.25) is 5.91 Å². The second-order valence-corrected chi connectivity index (χ2v) is 8.69. The van der Waals surface area contributed by atoms with Gasteiger partial charge in [0.25, 0.3) is 5.56 Å². The Hall–Kier alpha value is -3.95. The summed E-state index contributed by atoms with van der Waals surface area (Å²) in [5.41, 5.74) is 1.14. The van der Waals surface area contributed by atoms with Crippen LogP contribution in [0.3, 0.4) is 0 Å². The Bertz CT molecular complexity index is 1440. The minimum absolute atomic E-state index is 0.215. The third-order valence-corrected chi connectivity index (χ3v) is 6.08. The Labute approximate surface area is 198 Å². The molecule has 0 unspecified atom stereocenters. The van der Waals surface area contributed by atoms with Crippen LogP contribution in [0, 0.1) is 0 Å². The average Bonchev–Trinajstić information content (AvgIpc) is 3.58. The van der Waals surface area contributed by atoms with Gasteiger partial charge in [0.15, 0.2) is 0 Å². The van der Waals surface area contributed by atoms with E-state index in [0.29, 0.717) is 16.5 Å². The highest BCUT2D eigenvalue weighted by atomic mass is 19.4. The lowest BCUT2D eigenvalue weighted by Crippen LogP contribution is -2.36. The van der Waals surface area contributed by atoms with E-state index in [1.807, 2.05) is 30.3 Å². The number of fused-ring (bicyclic) bond motifs is 1. The molecule has 0 spiro atoms. The van der Waals surface area contributed by atoms with Crippen molar-refractivity contribution in [2.75, 3.05) is 0 Å². The maximum atomic E-state index is 13.4. The number of halogens is 3. The normalized spacial score (nSPS) is 14.7. The third kappa shape index (κ3) is 4.55. The Morgan fingerprint density at radius 3 is 2.43 bits per heavy atom. The maximum Gasteiger partial charge on any atom is 0.416 e. The Balaban J connectivity index is 1.42. The molecule has 0 aliphatic heterocycles. The van der Waals surface area contributed by atoms with Crippen molar-refractivity contribution in [3.8, 4) is 5.69 Å². The lowest BCUT2D eigenvalue weighted by atomic mass is 10.1. The number of hydrogen-bond donors (Lipinski definition) is 1. The predicted molar refractivity (Wildman–Crippen MR) is 123 cm³/mol. The van der Waals surface area contributed by atoms with Gasteiger partial charge in [0.1, 0.15) is 12.1 Å². The molecule has 2 aromatic carbocycles. The smallest absolute Gasteiger partial charge is 0.348 e. The quantitative estimate of drug-likeness (QED) is 0.444. The van der Waals surface area contributed by atoms with Gasteiger partial charge in [0.05, 0.1) is 29.2 Å². The van der Waals surface area contributed by atoms with Gasteiger partial charge in [0, 0.05) is 11.3 Å². The van der Waals surface area contributed by atoms with Gasteiger partial charge in [-0.3, -0.25) is 9.59 Å². The van der Waals surface area contributed by atoms with Crippen LogP contribution in [0.4, 0.5) is 13.2 Å². The van der Waals surface area contributed by atoms with E-state index in [9.17, 15) is 22.8 Å². The lowest BCUT2D eigenvalue weighted by molar-refractivity contribution is -0.137. The highest BCUT2D eigenvalue weighted by Crippen LogP contribution is 2.41. The lowest BCUT2D eigenvalue weighted by Gasteiger charge is -2.16. The van der Waals surface area contributed by atoms with Crippen LogP contribution < -0.4 is 10.9 Å². The van der Waals surface area contributed by atoms with Crippen LogP contribution in [0.2, 0.25) is 0 Å². The topological polar surface area (TPSA) is 81.8 Å². The number of nitrogens with one attached hydrogen (secondary N) is 1. The minimum Gasteiger partial charge on any atom is -0.348 e. The molecular formula is C25H22F3N5O2. The van der Waals surface area contributed by atoms with Crippen LogP contribution >= 0.6 is 0 Å². The Morgan fingerprint density at radius 1 is 1.11 bits per heavy atom. The molecule has 1 N–H and O–H groups in total. The predicted octanol–water partition coefficient (Wildman–Crippen LogP) is 4.36. The number of alkyl halides is 3. The monoisotopic (exact) mass is 481 g/mol. The van der Waals surface area contributed by atoms with Gasteiger partial charge in [-0.1, -0.05) is 30.3 Å². The Kier molecular flexibility index (Phi) is 5.66. The van der Waals surface area contributed by atoms with Crippen molar-refractivity contribution in [3.63, 3.8) is 0 Å². The van der Waals surface area contributed by atoms with Crippen molar-refractivity contribution in [3.05, 3.63) is 88.0 Å². The molecule has 1 saturated carbocycles. The largest absolute Gasteiger partial charge is 0.416 e. The summed E-state index contributed by atoms with van der Waals surface area (Å²) < 4.78 is 41.1. The summed E-state index contributed by atoms with van der Waals surface area (Å²) in [5.74, 6) is -0.259. The average molecular weight is 481 g/mol. The number of carbonyl (C=O) groups is 1. The molecule has 180 valence electrons. The summed E-state index contributed by atoms with van der Waals surface area (Å²) >= 11 is 0. The summed E-state index contributed by atoms with van der Waals surface area (Å²) in [6.45, 7) is 1.35. The summed E-state index contributed by atoms with van der Waals surface area (Å²) in [7, 11) is 0. The minimum atomic E-state index is -4.43. The van der Waals surface area contributed by atoms with E-state index in [0.717, 1.165) is 41.0 Å². The zero-order chi connectivity index (χ0) is 24.7. The van der Waals surface area contributed by atoms with Crippen LogP contribution in [-0.2, 0) is 17.5 Å². The Morgan fingerprint density at radius 2 is 1.80 bits per heavy atom. The highest BCUT2D eigenvalue weighted by Gasteiger charge is 2.31. The van der Waals surface area contributed by atoms with Crippen molar-refractivity contribution < 1.29 is 18.0 Å². The zero-order valence-corrected chi connectivity index (χ0v) is 18.8. The van der Waals surface area contributed by atoms with Crippen molar-refractivity contribution in [2.24, 2.45) is 0 Å². The molecule has 10 heteroatoms. The van der Waals surface area contributed by atoms with Crippen LogP contribution in [-0.4, -0.2) is 25.5 Å². The van der Waals surface area contributed by atoms with E-state index in [-0.39, 0.29) is 12.5 Å². The zero-order valence-electron chi connectivity index (χ0n) is 18.8. The highest BCUT2D eigenvalue weighted by molar-refractivity contribution is 5.83. The third-order valence-electron chi connectivity index (χ3n) is 6.08. The van der Waals surface area contributed by atoms with E-state index in [1.165, 1.54) is 12.1 Å². The van der Waals surface area contributed by atoms with Gasteiger partial charge in [-0.15, -0.1) is 0 Å². The van der Waals surface area contributed by atoms with E-state index in [2.05, 4.69) is 15.5 Å². The van der Waals surface area contributed by atoms with Gasteiger partial charge >= 0.3 is 6.18 Å². The first-order chi connectivity index (χ1) is 16.7. The standard InChI is InChI=1S/C25H22F3N5O2/c1-15(16-9-11-18(12-10-16)25(26,27)28)30-21(34)14-32-24(35)23-20(22(31-32)17-7-8-17)13-29-33(23)19-5-3-2-4-6-19/h2-6,9-13,15,17H,7-8,14H2,1H3,(H,30,34)/t15-/m0/s1. The first-order valence-electron chi connectivity index (χ1n) is 11.2. The van der Waals surface area contributed by atoms with Crippen LogP contribution in [0.5, 0.6) is 0 Å². The first-order valence-corrected chi connectivity index (χ1v) is 11.2. The number of amides is 1.